The number of hydrogen-bond donors (Lipinski definition) is 0. The lowest BCUT2D eigenvalue weighted by atomic mass is 9.87. The highest BCUT2D eigenvalue weighted by Crippen LogP contribution is 2.41. The first-order chi connectivity index (χ1) is 14.4. The fourth-order valence-corrected chi connectivity index (χ4v) is 5.15. The molecule has 2 aromatic heterocycles. The molecule has 2 heterocycles. The van der Waals surface area contributed by atoms with Gasteiger partial charge in [-0.15, -0.1) is 11.3 Å². The lowest BCUT2D eigenvalue weighted by Crippen LogP contribution is -2.11. The van der Waals surface area contributed by atoms with Gasteiger partial charge in [-0.05, 0) is 52.4 Å². The van der Waals surface area contributed by atoms with Crippen LogP contribution in [0, 0.1) is 5.82 Å². The van der Waals surface area contributed by atoms with Gasteiger partial charge in [-0.3, -0.25) is 4.98 Å². The Labute approximate surface area is 179 Å². The van der Waals surface area contributed by atoms with Crippen LogP contribution in [0.5, 0.6) is 0 Å². The fraction of sp³-hybridized carbons (Fsp3) is 0.148. The highest BCUT2D eigenvalue weighted by Gasteiger charge is 2.16. The molecule has 0 N–H and O–H groups in total. The molecule has 0 unspecified atom stereocenters. The van der Waals surface area contributed by atoms with E-state index < -0.39 is 0 Å². The van der Waals surface area contributed by atoms with Crippen molar-refractivity contribution >= 4 is 31.5 Å². The minimum atomic E-state index is -0.211. The number of fused-ring (bicyclic) bond motifs is 3. The minimum absolute atomic E-state index is 0.0868. The fourth-order valence-electron chi connectivity index (χ4n) is 3.87. The van der Waals surface area contributed by atoms with Crippen molar-refractivity contribution in [3.8, 4) is 22.4 Å². The molecule has 0 amide bonds. The Hall–Kier alpha value is -3.04. The number of rotatable bonds is 2. The van der Waals surface area contributed by atoms with Gasteiger partial charge in [0.05, 0.1) is 5.69 Å². The molecule has 0 radical (unpaired) electrons. The maximum absolute atomic E-state index is 13.4. The summed E-state index contributed by atoms with van der Waals surface area (Å²) in [6.07, 6.45) is 1.90. The van der Waals surface area contributed by atoms with E-state index in [-0.39, 0.29) is 11.2 Å². The Balaban J connectivity index is 1.66. The molecule has 0 saturated heterocycles. The van der Waals surface area contributed by atoms with Crippen LogP contribution >= 0.6 is 11.3 Å². The highest BCUT2D eigenvalue weighted by atomic mass is 32.1. The number of benzene rings is 3. The summed E-state index contributed by atoms with van der Waals surface area (Å²) in [6, 6.07) is 24.0. The molecule has 0 atom stereocenters. The third-order valence-corrected chi connectivity index (χ3v) is 6.78. The summed E-state index contributed by atoms with van der Waals surface area (Å²) in [4.78, 5) is 4.63. The molecule has 148 valence electrons. The predicted molar refractivity (Wildman–Crippen MR) is 127 cm³/mol. The lowest BCUT2D eigenvalue weighted by Gasteiger charge is -2.19. The molecule has 5 rings (SSSR count). The van der Waals surface area contributed by atoms with E-state index in [9.17, 15) is 4.39 Å². The summed E-state index contributed by atoms with van der Waals surface area (Å²) in [6.45, 7) is 6.66. The normalized spacial score (nSPS) is 12.0. The second kappa shape index (κ2) is 7.03. The molecule has 1 nitrogen and oxygen atoms in total. The van der Waals surface area contributed by atoms with Gasteiger partial charge >= 0.3 is 0 Å². The Morgan fingerprint density at radius 2 is 1.57 bits per heavy atom. The van der Waals surface area contributed by atoms with Crippen LogP contribution in [0.1, 0.15) is 26.3 Å². The predicted octanol–water partition coefficient (Wildman–Crippen LogP) is 8.22. The third kappa shape index (κ3) is 3.29. The van der Waals surface area contributed by atoms with Crippen molar-refractivity contribution in [2.24, 2.45) is 0 Å². The van der Waals surface area contributed by atoms with Gasteiger partial charge < -0.3 is 0 Å². The van der Waals surface area contributed by atoms with Crippen LogP contribution < -0.4 is 0 Å². The van der Waals surface area contributed by atoms with E-state index in [1.165, 1.54) is 37.9 Å². The van der Waals surface area contributed by atoms with Crippen molar-refractivity contribution in [3.05, 3.63) is 90.4 Å². The maximum Gasteiger partial charge on any atom is 0.123 e. The first kappa shape index (κ1) is 19.0. The van der Waals surface area contributed by atoms with Crippen molar-refractivity contribution in [1.29, 1.82) is 0 Å². The standard InChI is InChI=1S/C27H22FNS/c1-27(2,3)19-13-14-29-24(16-19)18-9-12-22-23-6-4-5-21(26(23)30-25(22)15-18)17-7-10-20(28)11-8-17/h4-16H,1-3H3. The van der Waals surface area contributed by atoms with Gasteiger partial charge in [-0.1, -0.05) is 63.2 Å². The summed E-state index contributed by atoms with van der Waals surface area (Å²) in [7, 11) is 0. The second-order valence-electron chi connectivity index (χ2n) is 8.68. The average Bonchev–Trinajstić information content (AvgIpc) is 3.12. The summed E-state index contributed by atoms with van der Waals surface area (Å²) in [5.74, 6) is -0.211. The summed E-state index contributed by atoms with van der Waals surface area (Å²) in [5, 5.41) is 2.48. The monoisotopic (exact) mass is 411 g/mol. The van der Waals surface area contributed by atoms with Gasteiger partial charge in [-0.25, -0.2) is 4.39 Å². The largest absolute Gasteiger partial charge is 0.256 e. The molecular formula is C27H22FNS. The zero-order chi connectivity index (χ0) is 20.9. The van der Waals surface area contributed by atoms with Gasteiger partial charge in [-0.2, -0.15) is 0 Å². The van der Waals surface area contributed by atoms with Gasteiger partial charge in [0.1, 0.15) is 5.82 Å². The third-order valence-electron chi connectivity index (χ3n) is 5.58. The minimum Gasteiger partial charge on any atom is -0.256 e. The SMILES string of the molecule is CC(C)(C)c1ccnc(-c2ccc3c(c2)sc2c(-c4ccc(F)cc4)cccc23)c1. The Morgan fingerprint density at radius 1 is 0.800 bits per heavy atom. The number of halogens is 1. The summed E-state index contributed by atoms with van der Waals surface area (Å²) >= 11 is 1.78. The van der Waals surface area contributed by atoms with E-state index in [2.05, 4.69) is 74.3 Å². The molecule has 0 fully saturated rings. The molecule has 0 saturated carbocycles. The number of hydrogen-bond acceptors (Lipinski definition) is 2. The summed E-state index contributed by atoms with van der Waals surface area (Å²) in [5.41, 5.74) is 5.67. The zero-order valence-corrected chi connectivity index (χ0v) is 18.1. The smallest absolute Gasteiger partial charge is 0.123 e. The van der Waals surface area contributed by atoms with E-state index in [1.54, 1.807) is 11.3 Å². The quantitative estimate of drug-likeness (QED) is 0.285. The van der Waals surface area contributed by atoms with Crippen molar-refractivity contribution in [2.45, 2.75) is 26.2 Å². The van der Waals surface area contributed by atoms with E-state index in [1.807, 2.05) is 18.3 Å². The second-order valence-corrected chi connectivity index (χ2v) is 9.73. The molecule has 3 aromatic carbocycles. The van der Waals surface area contributed by atoms with Crippen molar-refractivity contribution in [2.75, 3.05) is 0 Å². The summed E-state index contributed by atoms with van der Waals surface area (Å²) < 4.78 is 15.9. The number of nitrogens with zero attached hydrogens (tertiary/aromatic N) is 1. The molecule has 3 heteroatoms. The van der Waals surface area contributed by atoms with Gasteiger partial charge in [0, 0.05) is 31.9 Å². The number of pyridine rings is 1. The van der Waals surface area contributed by atoms with Crippen molar-refractivity contribution < 1.29 is 4.39 Å². The molecule has 0 aliphatic heterocycles. The Morgan fingerprint density at radius 3 is 2.33 bits per heavy atom. The van der Waals surface area contributed by atoms with Gasteiger partial charge in [0.2, 0.25) is 0 Å². The number of thiophene rings is 1. The highest BCUT2D eigenvalue weighted by molar-refractivity contribution is 7.26. The van der Waals surface area contributed by atoms with Crippen molar-refractivity contribution in [3.63, 3.8) is 0 Å². The topological polar surface area (TPSA) is 12.9 Å². The Kier molecular flexibility index (Phi) is 4.44. The first-order valence-corrected chi connectivity index (χ1v) is 10.9. The molecule has 0 bridgehead atoms. The molecular weight excluding hydrogens is 389 g/mol. The van der Waals surface area contributed by atoms with Crippen LogP contribution in [-0.4, -0.2) is 4.98 Å². The zero-order valence-electron chi connectivity index (χ0n) is 17.2. The molecule has 30 heavy (non-hydrogen) atoms. The number of aromatic nitrogens is 1. The molecule has 0 spiro atoms. The van der Waals surface area contributed by atoms with E-state index in [0.29, 0.717) is 0 Å². The van der Waals surface area contributed by atoms with Crippen LogP contribution in [0.2, 0.25) is 0 Å². The maximum atomic E-state index is 13.4. The molecule has 5 aromatic rings. The van der Waals surface area contributed by atoms with E-state index >= 15 is 0 Å². The molecule has 0 aliphatic carbocycles. The van der Waals surface area contributed by atoms with Crippen molar-refractivity contribution in [1.82, 2.24) is 4.98 Å². The van der Waals surface area contributed by atoms with E-state index in [0.717, 1.165) is 22.4 Å². The van der Waals surface area contributed by atoms with Crippen LogP contribution in [0.4, 0.5) is 4.39 Å². The Bertz CT molecular complexity index is 1370. The van der Waals surface area contributed by atoms with Crippen LogP contribution in [-0.2, 0) is 5.41 Å². The van der Waals surface area contributed by atoms with Crippen LogP contribution in [0.15, 0.2) is 79.0 Å². The lowest BCUT2D eigenvalue weighted by molar-refractivity contribution is 0.589. The first-order valence-electron chi connectivity index (χ1n) is 10.1. The van der Waals surface area contributed by atoms with Crippen LogP contribution in [0.25, 0.3) is 42.6 Å². The van der Waals surface area contributed by atoms with E-state index in [4.69, 9.17) is 0 Å². The van der Waals surface area contributed by atoms with Gasteiger partial charge in [0.25, 0.3) is 0 Å². The van der Waals surface area contributed by atoms with Gasteiger partial charge in [0.15, 0.2) is 0 Å². The average molecular weight is 412 g/mol. The van der Waals surface area contributed by atoms with Crippen LogP contribution in [0.3, 0.4) is 0 Å². The molecule has 0 aliphatic rings.